The molecule has 6 heteroatoms. The molecule has 234 valence electrons. The second-order valence-corrected chi connectivity index (χ2v) is 13.5. The minimum absolute atomic E-state index is 0.348. The summed E-state index contributed by atoms with van der Waals surface area (Å²) in [5.74, 6) is 4.79. The van der Waals surface area contributed by atoms with Crippen LogP contribution in [0.2, 0.25) is 5.02 Å². The first-order chi connectivity index (χ1) is 21.2. The molecule has 4 aromatic rings. The largest absolute Gasteiger partial charge is 0.494 e. The van der Waals surface area contributed by atoms with Crippen LogP contribution in [0.4, 0.5) is 0 Å². The highest BCUT2D eigenvalue weighted by Gasteiger charge is 2.32. The van der Waals surface area contributed by atoms with Crippen LogP contribution in [0.5, 0.6) is 17.2 Å². The molecule has 0 spiro atoms. The maximum absolute atomic E-state index is 6.06. The van der Waals surface area contributed by atoms with E-state index in [1.54, 1.807) is 0 Å². The number of benzene rings is 3. The molecule has 0 N–H and O–H groups in total. The van der Waals surface area contributed by atoms with Crippen molar-refractivity contribution in [2.45, 2.75) is 72.6 Å². The Balaban J connectivity index is 1.34. The molecule has 0 unspecified atom stereocenters. The number of hydrogen-bond acceptors (Lipinski definition) is 4. The van der Waals surface area contributed by atoms with Gasteiger partial charge in [-0.15, -0.1) is 0 Å². The maximum Gasteiger partial charge on any atom is 0.127 e. The molecule has 1 saturated carbocycles. The molecule has 1 aliphatic rings. The van der Waals surface area contributed by atoms with Gasteiger partial charge in [-0.2, -0.15) is 0 Å². The number of nitrogens with zero attached hydrogens (tertiary/aromatic N) is 3. The average Bonchev–Trinajstić information content (AvgIpc) is 3.48. The van der Waals surface area contributed by atoms with Gasteiger partial charge in [-0.1, -0.05) is 46.2 Å². The first kappa shape index (κ1) is 32.1. The van der Waals surface area contributed by atoms with Crippen LogP contribution in [-0.4, -0.2) is 40.7 Å². The van der Waals surface area contributed by atoms with Crippen LogP contribution in [0.3, 0.4) is 0 Å². The highest BCUT2D eigenvalue weighted by atomic mass is 35.5. The molecule has 0 bridgehead atoms. The monoisotopic (exact) mass is 613 g/mol. The van der Waals surface area contributed by atoms with Crippen molar-refractivity contribution >= 4 is 11.6 Å². The van der Waals surface area contributed by atoms with Gasteiger partial charge in [0.15, 0.2) is 0 Å². The molecule has 0 aliphatic heterocycles. The van der Waals surface area contributed by atoms with Crippen LogP contribution in [0, 0.1) is 11.3 Å². The SMILES string of the molecule is CCN(CC)CCCOc1ccc(-c2cn(-c3ccc(Oc4ccc(Cl)cc4)cc3)c(C3CCC(C(C)(C)C)CC3)n2)cc1. The summed E-state index contributed by atoms with van der Waals surface area (Å²) >= 11 is 6.04. The summed E-state index contributed by atoms with van der Waals surface area (Å²) in [6.45, 7) is 15.5. The van der Waals surface area contributed by atoms with Gasteiger partial charge in [0.1, 0.15) is 23.1 Å². The summed E-state index contributed by atoms with van der Waals surface area (Å²) in [5, 5.41) is 0.695. The zero-order valence-corrected chi connectivity index (χ0v) is 27.8. The standard InChI is InChI=1S/C38H48ClN3O2/c1-6-41(7-2)25-8-26-43-33-19-11-28(12-20-33)36-27-42(37(40-36)29-9-13-30(14-10-29)38(3,4)5)32-17-23-35(24-18-32)44-34-21-15-31(39)16-22-34/h11-12,15-24,27,29-30H,6-10,13-14,25-26H2,1-5H3. The van der Waals surface area contributed by atoms with Gasteiger partial charge in [-0.05, 0) is 129 Å². The molecular weight excluding hydrogens is 566 g/mol. The van der Waals surface area contributed by atoms with Crippen molar-refractivity contribution in [2.75, 3.05) is 26.2 Å². The third kappa shape index (κ3) is 8.25. The fraction of sp³-hybridized carbons (Fsp3) is 0.447. The van der Waals surface area contributed by atoms with Gasteiger partial charge < -0.3 is 18.9 Å². The van der Waals surface area contributed by atoms with E-state index in [4.69, 9.17) is 26.1 Å². The molecular formula is C38H48ClN3O2. The Kier molecular flexibility index (Phi) is 10.7. The van der Waals surface area contributed by atoms with Crippen molar-refractivity contribution in [1.29, 1.82) is 0 Å². The van der Waals surface area contributed by atoms with E-state index in [1.807, 2.05) is 36.4 Å². The molecule has 1 fully saturated rings. The van der Waals surface area contributed by atoms with Crippen molar-refractivity contribution in [3.63, 3.8) is 0 Å². The summed E-state index contributed by atoms with van der Waals surface area (Å²) in [5.41, 5.74) is 3.54. The van der Waals surface area contributed by atoms with E-state index in [9.17, 15) is 0 Å². The molecule has 3 aromatic carbocycles. The van der Waals surface area contributed by atoms with Crippen LogP contribution in [0.25, 0.3) is 16.9 Å². The summed E-state index contributed by atoms with van der Waals surface area (Å²) in [7, 11) is 0. The Morgan fingerprint density at radius 1 is 0.818 bits per heavy atom. The Labute approximate surface area is 269 Å². The van der Waals surface area contributed by atoms with Crippen molar-refractivity contribution in [3.05, 3.63) is 89.8 Å². The van der Waals surface area contributed by atoms with E-state index in [0.29, 0.717) is 16.4 Å². The minimum Gasteiger partial charge on any atom is -0.494 e. The topological polar surface area (TPSA) is 39.5 Å². The fourth-order valence-corrected chi connectivity index (χ4v) is 6.43. The molecule has 1 aromatic heterocycles. The van der Waals surface area contributed by atoms with Crippen LogP contribution in [0.1, 0.15) is 78.5 Å². The van der Waals surface area contributed by atoms with Gasteiger partial charge in [0.2, 0.25) is 0 Å². The van der Waals surface area contributed by atoms with Crippen LogP contribution in [0.15, 0.2) is 79.0 Å². The molecule has 1 heterocycles. The fourth-order valence-electron chi connectivity index (χ4n) is 6.30. The highest BCUT2D eigenvalue weighted by Crippen LogP contribution is 2.44. The van der Waals surface area contributed by atoms with Gasteiger partial charge in [0, 0.05) is 34.9 Å². The minimum atomic E-state index is 0.348. The maximum atomic E-state index is 6.06. The lowest BCUT2D eigenvalue weighted by molar-refractivity contribution is 0.167. The van der Waals surface area contributed by atoms with Crippen molar-refractivity contribution in [2.24, 2.45) is 11.3 Å². The molecule has 0 atom stereocenters. The second kappa shape index (κ2) is 14.7. The van der Waals surface area contributed by atoms with Gasteiger partial charge in [0.25, 0.3) is 0 Å². The average molecular weight is 614 g/mol. The molecule has 0 saturated heterocycles. The number of hydrogen-bond donors (Lipinski definition) is 0. The van der Waals surface area contributed by atoms with Gasteiger partial charge in [0.05, 0.1) is 12.3 Å². The van der Waals surface area contributed by atoms with Gasteiger partial charge in [-0.3, -0.25) is 0 Å². The third-order valence-corrected chi connectivity index (χ3v) is 9.40. The first-order valence-corrected chi connectivity index (χ1v) is 16.7. The summed E-state index contributed by atoms with van der Waals surface area (Å²) in [6.07, 6.45) is 8.03. The number of imidazole rings is 1. The lowest BCUT2D eigenvalue weighted by Gasteiger charge is -2.36. The smallest absolute Gasteiger partial charge is 0.127 e. The predicted molar refractivity (Wildman–Crippen MR) is 183 cm³/mol. The second-order valence-electron chi connectivity index (χ2n) is 13.1. The van der Waals surface area contributed by atoms with Crippen molar-refractivity contribution < 1.29 is 9.47 Å². The lowest BCUT2D eigenvalue weighted by Crippen LogP contribution is -2.26. The zero-order chi connectivity index (χ0) is 31.1. The van der Waals surface area contributed by atoms with E-state index >= 15 is 0 Å². The van der Waals surface area contributed by atoms with E-state index in [2.05, 4.69) is 86.7 Å². The van der Waals surface area contributed by atoms with E-state index < -0.39 is 0 Å². The summed E-state index contributed by atoms with van der Waals surface area (Å²) < 4.78 is 14.4. The van der Waals surface area contributed by atoms with E-state index in [1.165, 1.54) is 12.8 Å². The van der Waals surface area contributed by atoms with Crippen molar-refractivity contribution in [1.82, 2.24) is 14.5 Å². The van der Waals surface area contributed by atoms with E-state index in [0.717, 1.165) is 91.4 Å². The Morgan fingerprint density at radius 3 is 2.00 bits per heavy atom. The van der Waals surface area contributed by atoms with Gasteiger partial charge in [-0.25, -0.2) is 4.98 Å². The first-order valence-electron chi connectivity index (χ1n) is 16.3. The number of ether oxygens (including phenoxy) is 2. The van der Waals surface area contributed by atoms with Crippen LogP contribution in [-0.2, 0) is 0 Å². The summed E-state index contributed by atoms with van der Waals surface area (Å²) in [4.78, 5) is 7.71. The van der Waals surface area contributed by atoms with Crippen LogP contribution >= 0.6 is 11.6 Å². The zero-order valence-electron chi connectivity index (χ0n) is 27.1. The Hall–Kier alpha value is -3.28. The Morgan fingerprint density at radius 2 is 1.41 bits per heavy atom. The molecule has 44 heavy (non-hydrogen) atoms. The predicted octanol–water partition coefficient (Wildman–Crippen LogP) is 10.4. The number of halogens is 1. The van der Waals surface area contributed by atoms with Crippen molar-refractivity contribution in [3.8, 4) is 34.2 Å². The highest BCUT2D eigenvalue weighted by molar-refractivity contribution is 6.30. The van der Waals surface area contributed by atoms with E-state index in [-0.39, 0.29) is 0 Å². The molecule has 5 rings (SSSR count). The Bertz CT molecular complexity index is 1440. The molecule has 0 amide bonds. The number of aromatic nitrogens is 2. The number of rotatable bonds is 12. The normalized spacial score (nSPS) is 17.2. The molecule has 1 aliphatic carbocycles. The molecule has 5 nitrogen and oxygen atoms in total. The van der Waals surface area contributed by atoms with Crippen LogP contribution < -0.4 is 9.47 Å². The lowest BCUT2D eigenvalue weighted by atomic mass is 9.69. The summed E-state index contributed by atoms with van der Waals surface area (Å²) in [6, 6.07) is 24.1. The third-order valence-electron chi connectivity index (χ3n) is 9.15. The quantitative estimate of drug-likeness (QED) is 0.149. The van der Waals surface area contributed by atoms with Gasteiger partial charge >= 0.3 is 0 Å². The molecule has 0 radical (unpaired) electrons.